The van der Waals surface area contributed by atoms with Gasteiger partial charge in [-0.2, -0.15) is 10.1 Å². The van der Waals surface area contributed by atoms with Crippen molar-refractivity contribution in [2.75, 3.05) is 12.1 Å². The molecule has 5 nitrogen and oxygen atoms in total. The fourth-order valence-corrected chi connectivity index (χ4v) is 2.78. The Morgan fingerprint density at radius 2 is 1.92 bits per heavy atom. The number of hydrazone groups is 1. The van der Waals surface area contributed by atoms with Crippen LogP contribution in [0.5, 0.6) is 5.75 Å². The van der Waals surface area contributed by atoms with Gasteiger partial charge >= 0.3 is 0 Å². The molecule has 0 spiro atoms. The van der Waals surface area contributed by atoms with Crippen molar-refractivity contribution in [1.29, 1.82) is 0 Å². The summed E-state index contributed by atoms with van der Waals surface area (Å²) < 4.78 is 5.17. The van der Waals surface area contributed by atoms with E-state index in [-0.39, 0.29) is 18.1 Å². The number of para-hydroxylation sites is 1. The smallest absolute Gasteiger partial charge is 0.263 e. The predicted octanol–water partition coefficient (Wildman–Crippen LogP) is 2.85. The normalized spacial score (nSPS) is 16.9. The van der Waals surface area contributed by atoms with Gasteiger partial charge in [-0.05, 0) is 36.8 Å². The van der Waals surface area contributed by atoms with Gasteiger partial charge in [-0.1, -0.05) is 30.3 Å². The predicted molar refractivity (Wildman–Crippen MR) is 92.2 cm³/mol. The lowest BCUT2D eigenvalue weighted by molar-refractivity contribution is -0.128. The molecule has 1 aliphatic heterocycles. The molecule has 0 bridgehead atoms. The number of amides is 1. The Bertz CT molecular complexity index is 799. The number of nitrogens with zero attached hydrogens (tertiary/aromatic N) is 2. The van der Waals surface area contributed by atoms with Gasteiger partial charge < -0.3 is 4.74 Å². The van der Waals surface area contributed by atoms with Gasteiger partial charge in [0, 0.05) is 6.42 Å². The zero-order valence-electron chi connectivity index (χ0n) is 13.6. The zero-order valence-corrected chi connectivity index (χ0v) is 13.6. The molecule has 2 aromatic carbocycles. The van der Waals surface area contributed by atoms with E-state index in [0.29, 0.717) is 17.1 Å². The Morgan fingerprint density at radius 3 is 2.62 bits per heavy atom. The third-order valence-electron chi connectivity index (χ3n) is 3.97. The Kier molecular flexibility index (Phi) is 4.42. The van der Waals surface area contributed by atoms with Gasteiger partial charge in [-0.25, -0.2) is 0 Å². The lowest BCUT2D eigenvalue weighted by Crippen LogP contribution is -2.33. The second kappa shape index (κ2) is 6.66. The molecule has 5 heteroatoms. The monoisotopic (exact) mass is 322 g/mol. The van der Waals surface area contributed by atoms with E-state index in [9.17, 15) is 9.59 Å². The Balaban J connectivity index is 1.78. The molecule has 0 aliphatic carbocycles. The average Bonchev–Trinajstić information content (AvgIpc) is 2.90. The molecule has 122 valence electrons. The summed E-state index contributed by atoms with van der Waals surface area (Å²) in [6.07, 6.45) is 0.170. The maximum absolute atomic E-state index is 12.6. The van der Waals surface area contributed by atoms with Crippen LogP contribution >= 0.6 is 0 Å². The summed E-state index contributed by atoms with van der Waals surface area (Å²) in [5, 5.41) is 5.58. The number of carbonyl (C=O) groups excluding carboxylic acids is 2. The molecule has 0 saturated carbocycles. The second-order valence-corrected chi connectivity index (χ2v) is 5.65. The van der Waals surface area contributed by atoms with Crippen LogP contribution in [0.2, 0.25) is 0 Å². The van der Waals surface area contributed by atoms with E-state index in [1.165, 1.54) is 5.01 Å². The molecule has 0 fully saturated rings. The number of hydrogen-bond donors (Lipinski definition) is 0. The van der Waals surface area contributed by atoms with E-state index in [0.717, 1.165) is 5.56 Å². The maximum Gasteiger partial charge on any atom is 0.263 e. The van der Waals surface area contributed by atoms with Crippen LogP contribution in [0.25, 0.3) is 0 Å². The van der Waals surface area contributed by atoms with Crippen molar-refractivity contribution in [2.24, 2.45) is 11.0 Å². The zero-order chi connectivity index (χ0) is 17.1. The SMILES string of the molecule is COc1cccc(CC(=O)C2C(=O)N(c3ccccc3)N=C2C)c1. The van der Waals surface area contributed by atoms with Crippen molar-refractivity contribution in [2.45, 2.75) is 13.3 Å². The molecule has 1 heterocycles. The number of ketones is 1. The Hall–Kier alpha value is -2.95. The van der Waals surface area contributed by atoms with Crippen molar-refractivity contribution in [3.63, 3.8) is 0 Å². The molecule has 0 saturated heterocycles. The summed E-state index contributed by atoms with van der Waals surface area (Å²) in [6, 6.07) is 16.4. The van der Waals surface area contributed by atoms with E-state index in [2.05, 4.69) is 5.10 Å². The van der Waals surface area contributed by atoms with Gasteiger partial charge in [0.25, 0.3) is 5.91 Å². The Labute approximate surface area is 140 Å². The van der Waals surface area contributed by atoms with Gasteiger partial charge in [0.2, 0.25) is 0 Å². The third-order valence-corrected chi connectivity index (χ3v) is 3.97. The summed E-state index contributed by atoms with van der Waals surface area (Å²) in [7, 11) is 1.58. The van der Waals surface area contributed by atoms with Gasteiger partial charge in [0.05, 0.1) is 18.5 Å². The lowest BCUT2D eigenvalue weighted by atomic mass is 9.94. The van der Waals surface area contributed by atoms with Crippen molar-refractivity contribution in [3.05, 3.63) is 60.2 Å². The first-order valence-corrected chi connectivity index (χ1v) is 7.70. The Morgan fingerprint density at radius 1 is 1.17 bits per heavy atom. The van der Waals surface area contributed by atoms with Crippen LogP contribution in [0.1, 0.15) is 12.5 Å². The third kappa shape index (κ3) is 3.06. The van der Waals surface area contributed by atoms with Crippen LogP contribution in [0, 0.1) is 5.92 Å². The number of carbonyl (C=O) groups is 2. The highest BCUT2D eigenvalue weighted by atomic mass is 16.5. The first-order chi connectivity index (χ1) is 11.6. The second-order valence-electron chi connectivity index (χ2n) is 5.65. The standard InChI is InChI=1S/C19H18N2O3/c1-13-18(17(22)12-14-7-6-10-16(11-14)24-2)19(23)21(20-13)15-8-4-3-5-9-15/h3-11,18H,12H2,1-2H3. The quantitative estimate of drug-likeness (QED) is 0.795. The van der Waals surface area contributed by atoms with E-state index < -0.39 is 5.92 Å². The number of ether oxygens (including phenoxy) is 1. The number of hydrogen-bond acceptors (Lipinski definition) is 4. The topological polar surface area (TPSA) is 59.0 Å². The molecular weight excluding hydrogens is 304 g/mol. The van der Waals surface area contributed by atoms with E-state index >= 15 is 0 Å². The molecule has 24 heavy (non-hydrogen) atoms. The van der Waals surface area contributed by atoms with Crippen LogP contribution in [0.15, 0.2) is 59.7 Å². The van der Waals surface area contributed by atoms with Gasteiger partial charge in [-0.15, -0.1) is 0 Å². The van der Waals surface area contributed by atoms with Crippen LogP contribution in [0.3, 0.4) is 0 Å². The molecule has 1 aliphatic rings. The summed E-state index contributed by atoms with van der Waals surface area (Å²) in [5.74, 6) is -0.592. The molecule has 0 N–H and O–H groups in total. The first-order valence-electron chi connectivity index (χ1n) is 7.70. The number of rotatable bonds is 5. The minimum atomic E-state index is -0.823. The molecule has 2 aromatic rings. The van der Waals surface area contributed by atoms with Gasteiger partial charge in [0.1, 0.15) is 11.7 Å². The lowest BCUT2D eigenvalue weighted by Gasteiger charge is -2.14. The largest absolute Gasteiger partial charge is 0.497 e. The van der Waals surface area contributed by atoms with Crippen molar-refractivity contribution < 1.29 is 14.3 Å². The molecule has 0 radical (unpaired) electrons. The molecule has 0 aromatic heterocycles. The van der Waals surface area contributed by atoms with Crippen molar-refractivity contribution in [3.8, 4) is 5.75 Å². The fraction of sp³-hybridized carbons (Fsp3) is 0.211. The minimum absolute atomic E-state index is 0.159. The fourth-order valence-electron chi connectivity index (χ4n) is 2.78. The molecular formula is C19H18N2O3. The molecule has 1 atom stereocenters. The summed E-state index contributed by atoms with van der Waals surface area (Å²) >= 11 is 0. The van der Waals surface area contributed by atoms with Crippen LogP contribution in [-0.4, -0.2) is 24.5 Å². The molecule has 3 rings (SSSR count). The van der Waals surface area contributed by atoms with Gasteiger partial charge in [-0.3, -0.25) is 9.59 Å². The first kappa shape index (κ1) is 15.9. The average molecular weight is 322 g/mol. The van der Waals surface area contributed by atoms with E-state index in [1.807, 2.05) is 36.4 Å². The highest BCUT2D eigenvalue weighted by Crippen LogP contribution is 2.25. The van der Waals surface area contributed by atoms with Crippen LogP contribution in [-0.2, 0) is 16.0 Å². The summed E-state index contributed by atoms with van der Waals surface area (Å²) in [6.45, 7) is 1.72. The maximum atomic E-state index is 12.6. The van der Waals surface area contributed by atoms with E-state index in [4.69, 9.17) is 4.74 Å². The molecule has 1 amide bonds. The minimum Gasteiger partial charge on any atom is -0.497 e. The number of Topliss-reactive ketones (excluding diaryl/α,β-unsaturated/α-hetero) is 1. The number of benzene rings is 2. The van der Waals surface area contributed by atoms with Crippen molar-refractivity contribution in [1.82, 2.24) is 0 Å². The number of methoxy groups -OCH3 is 1. The van der Waals surface area contributed by atoms with Crippen molar-refractivity contribution >= 4 is 23.1 Å². The summed E-state index contributed by atoms with van der Waals surface area (Å²) in [4.78, 5) is 25.3. The molecule has 1 unspecified atom stereocenters. The summed E-state index contributed by atoms with van der Waals surface area (Å²) in [5.41, 5.74) is 2.01. The van der Waals surface area contributed by atoms with Gasteiger partial charge in [0.15, 0.2) is 5.78 Å². The van der Waals surface area contributed by atoms with Crippen LogP contribution in [0.4, 0.5) is 5.69 Å². The van der Waals surface area contributed by atoms with Crippen LogP contribution < -0.4 is 9.75 Å². The highest BCUT2D eigenvalue weighted by Gasteiger charge is 2.39. The number of anilines is 1. The highest BCUT2D eigenvalue weighted by molar-refractivity contribution is 6.27. The van der Waals surface area contributed by atoms with E-state index in [1.54, 1.807) is 32.2 Å².